The topological polar surface area (TPSA) is 80.1 Å². The number of nitrogens with zero attached hydrogens (tertiary/aromatic N) is 4. The summed E-state index contributed by atoms with van der Waals surface area (Å²) in [7, 11) is 1.58. The van der Waals surface area contributed by atoms with Gasteiger partial charge in [-0.1, -0.05) is 0 Å². The molecule has 0 bridgehead atoms. The third kappa shape index (κ3) is 3.27. The first-order chi connectivity index (χ1) is 11.6. The number of aromatic nitrogens is 3. The molecule has 3 heterocycles. The number of hydrogen-bond acceptors (Lipinski definition) is 5. The third-order valence-corrected chi connectivity index (χ3v) is 4.08. The normalized spacial score (nSPS) is 20.2. The fourth-order valence-electron chi connectivity index (χ4n) is 2.86. The Labute approximate surface area is 138 Å². The number of rotatable bonds is 4. The summed E-state index contributed by atoms with van der Waals surface area (Å²) in [5, 5.41) is 10.5. The molecule has 0 saturated carbocycles. The number of alkyl halides is 1. The molecule has 2 atom stereocenters. The Morgan fingerprint density at radius 2 is 2.25 bits per heavy atom. The van der Waals surface area contributed by atoms with Crippen molar-refractivity contribution in [2.45, 2.75) is 18.6 Å². The van der Waals surface area contributed by atoms with Crippen molar-refractivity contribution in [3.63, 3.8) is 0 Å². The van der Waals surface area contributed by atoms with E-state index < -0.39 is 12.1 Å². The van der Waals surface area contributed by atoms with Crippen LogP contribution in [0, 0.1) is 0 Å². The van der Waals surface area contributed by atoms with Gasteiger partial charge in [-0.05, 0) is 24.3 Å². The zero-order valence-corrected chi connectivity index (χ0v) is 13.2. The van der Waals surface area contributed by atoms with Gasteiger partial charge < -0.3 is 14.8 Å². The highest BCUT2D eigenvalue weighted by molar-refractivity contribution is 5.93. The van der Waals surface area contributed by atoms with Crippen LogP contribution in [0.25, 0.3) is 0 Å². The standard InChI is InChI=1S/C16H18FN5O2/c1-21-7-3-4-13(16(21)24)15(23)18-9-12-8-11(17)10-22(12)14-5-2-6-19-20-14/h2-7,11-12H,8-10H2,1H3,(H,18,23)/t11-,12-/m0/s1. The van der Waals surface area contributed by atoms with E-state index >= 15 is 0 Å². The number of anilines is 1. The molecule has 0 aliphatic carbocycles. The monoisotopic (exact) mass is 331 g/mol. The van der Waals surface area contributed by atoms with E-state index in [9.17, 15) is 14.0 Å². The van der Waals surface area contributed by atoms with Crippen molar-refractivity contribution in [3.8, 4) is 0 Å². The third-order valence-electron chi connectivity index (χ3n) is 4.08. The maximum Gasteiger partial charge on any atom is 0.263 e. The van der Waals surface area contributed by atoms with Crippen LogP contribution in [-0.4, -0.2) is 46.0 Å². The molecular formula is C16H18FN5O2. The second-order valence-corrected chi connectivity index (χ2v) is 5.77. The highest BCUT2D eigenvalue weighted by Crippen LogP contribution is 2.24. The molecule has 0 radical (unpaired) electrons. The summed E-state index contributed by atoms with van der Waals surface area (Å²) < 4.78 is 15.2. The fraction of sp³-hybridized carbons (Fsp3) is 0.375. The average Bonchev–Trinajstić information content (AvgIpc) is 2.97. The number of amides is 1. The van der Waals surface area contributed by atoms with Gasteiger partial charge in [0.05, 0.1) is 12.6 Å². The Hall–Kier alpha value is -2.77. The van der Waals surface area contributed by atoms with Gasteiger partial charge in [0, 0.05) is 32.4 Å². The Bertz CT molecular complexity index is 780. The first-order valence-corrected chi connectivity index (χ1v) is 7.68. The first kappa shape index (κ1) is 16.1. The van der Waals surface area contributed by atoms with Gasteiger partial charge in [0.15, 0.2) is 5.82 Å². The number of pyridine rings is 1. The van der Waals surface area contributed by atoms with E-state index in [-0.39, 0.29) is 30.3 Å². The second-order valence-electron chi connectivity index (χ2n) is 5.77. The van der Waals surface area contributed by atoms with Crippen LogP contribution in [0.1, 0.15) is 16.8 Å². The Morgan fingerprint density at radius 1 is 1.42 bits per heavy atom. The molecule has 1 aliphatic rings. The van der Waals surface area contributed by atoms with Crippen LogP contribution in [0.3, 0.4) is 0 Å². The number of hydrogen-bond donors (Lipinski definition) is 1. The van der Waals surface area contributed by atoms with Crippen molar-refractivity contribution < 1.29 is 9.18 Å². The highest BCUT2D eigenvalue weighted by atomic mass is 19.1. The van der Waals surface area contributed by atoms with E-state index in [1.54, 1.807) is 42.5 Å². The Kier molecular flexibility index (Phi) is 4.54. The first-order valence-electron chi connectivity index (χ1n) is 7.68. The lowest BCUT2D eigenvalue weighted by Gasteiger charge is -2.24. The SMILES string of the molecule is Cn1cccc(C(=O)NC[C@@H]2C[C@H](F)CN2c2cccnn2)c1=O. The van der Waals surface area contributed by atoms with Crippen LogP contribution in [0.5, 0.6) is 0 Å². The van der Waals surface area contributed by atoms with Crippen LogP contribution in [0.15, 0.2) is 41.5 Å². The van der Waals surface area contributed by atoms with Gasteiger partial charge in [0.25, 0.3) is 11.5 Å². The molecule has 24 heavy (non-hydrogen) atoms. The maximum absolute atomic E-state index is 13.8. The van der Waals surface area contributed by atoms with E-state index in [1.807, 2.05) is 0 Å². The summed E-state index contributed by atoms with van der Waals surface area (Å²) in [6.07, 6.45) is 2.44. The van der Waals surface area contributed by atoms with Crippen molar-refractivity contribution >= 4 is 11.7 Å². The lowest BCUT2D eigenvalue weighted by molar-refractivity contribution is 0.0949. The second kappa shape index (κ2) is 6.77. The predicted octanol–water partition coefficient (Wildman–Crippen LogP) is 0.522. The summed E-state index contributed by atoms with van der Waals surface area (Å²) in [5.74, 6) is 0.116. The molecule has 0 spiro atoms. The minimum absolute atomic E-state index is 0.0702. The van der Waals surface area contributed by atoms with Gasteiger partial charge in [0.2, 0.25) is 0 Å². The van der Waals surface area contributed by atoms with Crippen LogP contribution in [0.2, 0.25) is 0 Å². The van der Waals surface area contributed by atoms with Gasteiger partial charge in [0.1, 0.15) is 11.7 Å². The van der Waals surface area contributed by atoms with E-state index in [1.165, 1.54) is 10.6 Å². The van der Waals surface area contributed by atoms with Crippen LogP contribution in [0.4, 0.5) is 10.2 Å². The molecule has 126 valence electrons. The van der Waals surface area contributed by atoms with Gasteiger partial charge in [-0.2, -0.15) is 5.10 Å². The molecule has 0 unspecified atom stereocenters. The summed E-state index contributed by atoms with van der Waals surface area (Å²) >= 11 is 0. The fourth-order valence-corrected chi connectivity index (χ4v) is 2.86. The smallest absolute Gasteiger partial charge is 0.263 e. The van der Waals surface area contributed by atoms with Gasteiger partial charge in [-0.15, -0.1) is 5.10 Å². The summed E-state index contributed by atoms with van der Waals surface area (Å²) in [6, 6.07) is 6.37. The lowest BCUT2D eigenvalue weighted by atomic mass is 10.2. The molecule has 1 N–H and O–H groups in total. The van der Waals surface area contributed by atoms with E-state index in [0.717, 1.165) is 0 Å². The van der Waals surface area contributed by atoms with Crippen LogP contribution < -0.4 is 15.8 Å². The minimum atomic E-state index is -0.987. The van der Waals surface area contributed by atoms with E-state index in [4.69, 9.17) is 0 Å². The molecule has 1 saturated heterocycles. The van der Waals surface area contributed by atoms with Crippen LogP contribution in [-0.2, 0) is 7.05 Å². The molecular weight excluding hydrogens is 313 g/mol. The quantitative estimate of drug-likeness (QED) is 0.884. The van der Waals surface area contributed by atoms with Crippen molar-refractivity contribution in [2.24, 2.45) is 7.05 Å². The number of nitrogens with one attached hydrogen (secondary N) is 1. The number of halogens is 1. The van der Waals surface area contributed by atoms with E-state index in [2.05, 4.69) is 15.5 Å². The van der Waals surface area contributed by atoms with Crippen molar-refractivity contribution in [2.75, 3.05) is 18.0 Å². The van der Waals surface area contributed by atoms with Gasteiger partial charge in [-0.3, -0.25) is 9.59 Å². The largest absolute Gasteiger partial charge is 0.350 e. The lowest BCUT2D eigenvalue weighted by Crippen LogP contribution is -2.42. The summed E-state index contributed by atoms with van der Waals surface area (Å²) in [6.45, 7) is 0.445. The number of carbonyl (C=O) groups is 1. The molecule has 0 aromatic carbocycles. The Balaban J connectivity index is 1.70. The van der Waals surface area contributed by atoms with Crippen molar-refractivity contribution in [1.82, 2.24) is 20.1 Å². The molecule has 1 aliphatic heterocycles. The highest BCUT2D eigenvalue weighted by Gasteiger charge is 2.33. The molecule has 1 fully saturated rings. The molecule has 8 heteroatoms. The van der Waals surface area contributed by atoms with Crippen LogP contribution >= 0.6 is 0 Å². The molecule has 1 amide bonds. The summed E-state index contributed by atoms with van der Waals surface area (Å²) in [5.41, 5.74) is -0.295. The zero-order valence-electron chi connectivity index (χ0n) is 13.2. The van der Waals surface area contributed by atoms with Gasteiger partial charge >= 0.3 is 0 Å². The number of aryl methyl sites for hydroxylation is 1. The predicted molar refractivity (Wildman–Crippen MR) is 86.7 cm³/mol. The molecule has 2 aromatic heterocycles. The average molecular weight is 331 g/mol. The maximum atomic E-state index is 13.8. The number of carbonyl (C=O) groups excluding carboxylic acids is 1. The zero-order chi connectivity index (χ0) is 17.1. The van der Waals surface area contributed by atoms with E-state index in [0.29, 0.717) is 12.2 Å². The molecule has 7 nitrogen and oxygen atoms in total. The summed E-state index contributed by atoms with van der Waals surface area (Å²) in [4.78, 5) is 26.0. The molecule has 3 rings (SSSR count). The minimum Gasteiger partial charge on any atom is -0.350 e. The van der Waals surface area contributed by atoms with Crippen molar-refractivity contribution in [1.29, 1.82) is 0 Å². The molecule has 2 aromatic rings. The Morgan fingerprint density at radius 3 is 3.00 bits per heavy atom. The van der Waals surface area contributed by atoms with Crippen molar-refractivity contribution in [3.05, 3.63) is 52.6 Å². The van der Waals surface area contributed by atoms with Gasteiger partial charge in [-0.25, -0.2) is 4.39 Å².